The second kappa shape index (κ2) is 7.75. The minimum Gasteiger partial charge on any atom is -0.494 e. The second-order valence-corrected chi connectivity index (χ2v) is 7.78. The lowest BCUT2D eigenvalue weighted by atomic mass is 9.87. The van der Waals surface area contributed by atoms with Gasteiger partial charge in [0.15, 0.2) is 5.69 Å². The van der Waals surface area contributed by atoms with Crippen molar-refractivity contribution in [1.82, 2.24) is 20.0 Å². The summed E-state index contributed by atoms with van der Waals surface area (Å²) in [5, 5.41) is 16.4. The van der Waals surface area contributed by atoms with Gasteiger partial charge in [0.25, 0.3) is 5.91 Å². The van der Waals surface area contributed by atoms with E-state index < -0.39 is 5.91 Å². The number of carbonyl (C=O) groups excluding carboxylic acids is 1. The van der Waals surface area contributed by atoms with Crippen molar-refractivity contribution in [3.63, 3.8) is 0 Å². The molecule has 28 heavy (non-hydrogen) atoms. The Morgan fingerprint density at radius 3 is 2.75 bits per heavy atom. The van der Waals surface area contributed by atoms with Crippen LogP contribution in [0.5, 0.6) is 5.75 Å². The molecule has 0 atom stereocenters. The molecule has 1 saturated carbocycles. The van der Waals surface area contributed by atoms with E-state index in [1.807, 2.05) is 18.3 Å². The Balaban J connectivity index is 1.62. The maximum absolute atomic E-state index is 12.5. The van der Waals surface area contributed by atoms with E-state index in [4.69, 9.17) is 21.4 Å². The van der Waals surface area contributed by atoms with E-state index in [1.165, 1.54) is 25.1 Å². The molecule has 1 aliphatic rings. The number of carbonyl (C=O) groups is 1. The topological polar surface area (TPSA) is 81.9 Å². The van der Waals surface area contributed by atoms with Crippen LogP contribution in [0.25, 0.3) is 10.9 Å². The Labute approximate surface area is 168 Å². The van der Waals surface area contributed by atoms with E-state index in [0.717, 1.165) is 29.7 Å². The summed E-state index contributed by atoms with van der Waals surface area (Å²) < 4.78 is 7.52. The van der Waals surface area contributed by atoms with E-state index in [1.54, 1.807) is 7.11 Å². The van der Waals surface area contributed by atoms with E-state index in [9.17, 15) is 4.79 Å². The average Bonchev–Trinajstić information content (AvgIpc) is 3.10. The standard InChI is InChI=1S/C20H22ClN5O2/c1-12-3-5-15(6-4-12)26-11-13-7-17(19(28-2)9-16(13)25-26)23-20(27)18-8-14(21)10-22-24-18/h7-12,15H,3-6H2,1-2H3,(H,23,27)/t12-,15-. The third-order valence-corrected chi connectivity index (χ3v) is 5.51. The van der Waals surface area contributed by atoms with Gasteiger partial charge in [0, 0.05) is 17.6 Å². The number of ether oxygens (including phenoxy) is 1. The molecule has 7 nitrogen and oxygen atoms in total. The second-order valence-electron chi connectivity index (χ2n) is 7.35. The first-order valence-corrected chi connectivity index (χ1v) is 9.77. The quantitative estimate of drug-likeness (QED) is 0.698. The van der Waals surface area contributed by atoms with Crippen LogP contribution in [0.1, 0.15) is 49.1 Å². The molecule has 1 aliphatic carbocycles. The molecule has 0 saturated heterocycles. The van der Waals surface area contributed by atoms with Crippen LogP contribution in [0, 0.1) is 5.92 Å². The Kier molecular flexibility index (Phi) is 5.17. The molecule has 4 rings (SSSR count). The van der Waals surface area contributed by atoms with Crippen LogP contribution in [0.3, 0.4) is 0 Å². The van der Waals surface area contributed by atoms with Gasteiger partial charge in [-0.05, 0) is 43.7 Å². The third-order valence-electron chi connectivity index (χ3n) is 5.30. The normalized spacial score (nSPS) is 19.5. The molecule has 1 fully saturated rings. The number of rotatable bonds is 4. The minimum atomic E-state index is -0.402. The first-order valence-electron chi connectivity index (χ1n) is 9.40. The van der Waals surface area contributed by atoms with Crippen molar-refractivity contribution >= 4 is 34.1 Å². The van der Waals surface area contributed by atoms with Gasteiger partial charge in [-0.25, -0.2) is 0 Å². The zero-order valence-corrected chi connectivity index (χ0v) is 16.6. The highest BCUT2D eigenvalue weighted by Crippen LogP contribution is 2.34. The Morgan fingerprint density at radius 2 is 2.04 bits per heavy atom. The molecule has 1 N–H and O–H groups in total. The number of nitrogens with zero attached hydrogens (tertiary/aromatic N) is 4. The first-order chi connectivity index (χ1) is 13.5. The maximum Gasteiger partial charge on any atom is 0.276 e. The van der Waals surface area contributed by atoms with Crippen molar-refractivity contribution < 1.29 is 9.53 Å². The predicted molar refractivity (Wildman–Crippen MR) is 108 cm³/mol. The Hall–Kier alpha value is -2.67. The number of amides is 1. The van der Waals surface area contributed by atoms with Crippen LogP contribution < -0.4 is 10.1 Å². The van der Waals surface area contributed by atoms with Crippen LogP contribution in [0.2, 0.25) is 5.02 Å². The zero-order chi connectivity index (χ0) is 19.7. The van der Waals surface area contributed by atoms with Crippen LogP contribution >= 0.6 is 11.6 Å². The molecule has 3 aromatic rings. The smallest absolute Gasteiger partial charge is 0.276 e. The van der Waals surface area contributed by atoms with E-state index >= 15 is 0 Å². The number of fused-ring (bicyclic) bond motifs is 1. The minimum absolute atomic E-state index is 0.140. The van der Waals surface area contributed by atoms with Gasteiger partial charge in [0.05, 0.1) is 35.6 Å². The number of halogens is 1. The van der Waals surface area contributed by atoms with Crippen LogP contribution in [0.4, 0.5) is 5.69 Å². The highest BCUT2D eigenvalue weighted by Gasteiger charge is 2.21. The lowest BCUT2D eigenvalue weighted by Crippen LogP contribution is -2.16. The summed E-state index contributed by atoms with van der Waals surface area (Å²) in [6.07, 6.45) is 8.17. The lowest BCUT2D eigenvalue weighted by molar-refractivity contribution is 0.102. The predicted octanol–water partition coefficient (Wildman–Crippen LogP) is 4.49. The van der Waals surface area contributed by atoms with Gasteiger partial charge in [0.1, 0.15) is 5.75 Å². The van der Waals surface area contributed by atoms with Gasteiger partial charge < -0.3 is 10.1 Å². The number of hydrogen-bond acceptors (Lipinski definition) is 5. The summed E-state index contributed by atoms with van der Waals surface area (Å²) >= 11 is 5.90. The van der Waals surface area contributed by atoms with Crippen molar-refractivity contribution in [3.8, 4) is 5.75 Å². The van der Waals surface area contributed by atoms with Crippen molar-refractivity contribution in [2.45, 2.75) is 38.6 Å². The van der Waals surface area contributed by atoms with Crippen LogP contribution in [-0.4, -0.2) is 33.0 Å². The molecule has 2 aromatic heterocycles. The summed E-state index contributed by atoms with van der Waals surface area (Å²) in [5.74, 6) is 0.928. The summed E-state index contributed by atoms with van der Waals surface area (Å²) in [6.45, 7) is 2.31. The first kappa shape index (κ1) is 18.7. The number of hydrogen-bond donors (Lipinski definition) is 1. The Bertz CT molecular complexity index is 1010. The molecule has 0 radical (unpaired) electrons. The van der Waals surface area contributed by atoms with Gasteiger partial charge >= 0.3 is 0 Å². The Morgan fingerprint density at radius 1 is 1.25 bits per heavy atom. The third kappa shape index (κ3) is 3.80. The van der Waals surface area contributed by atoms with Gasteiger partial charge in [0.2, 0.25) is 0 Å². The lowest BCUT2D eigenvalue weighted by Gasteiger charge is -2.26. The zero-order valence-electron chi connectivity index (χ0n) is 15.9. The molecular weight excluding hydrogens is 378 g/mol. The summed E-state index contributed by atoms with van der Waals surface area (Å²) in [5.41, 5.74) is 1.54. The van der Waals surface area contributed by atoms with Crippen molar-refractivity contribution in [1.29, 1.82) is 0 Å². The fourth-order valence-corrected chi connectivity index (χ4v) is 3.82. The van der Waals surface area contributed by atoms with Gasteiger partial charge in [-0.3, -0.25) is 9.48 Å². The van der Waals surface area contributed by atoms with Gasteiger partial charge in [-0.15, -0.1) is 5.10 Å². The molecule has 1 aromatic carbocycles. The number of benzene rings is 1. The summed E-state index contributed by atoms with van der Waals surface area (Å²) in [7, 11) is 1.57. The summed E-state index contributed by atoms with van der Waals surface area (Å²) in [4.78, 5) is 12.5. The molecular formula is C20H22ClN5O2. The summed E-state index contributed by atoms with van der Waals surface area (Å²) in [6, 6.07) is 5.61. The van der Waals surface area contributed by atoms with E-state index in [-0.39, 0.29) is 5.69 Å². The molecule has 0 spiro atoms. The fourth-order valence-electron chi connectivity index (χ4n) is 3.67. The number of methoxy groups -OCH3 is 1. The number of anilines is 1. The number of nitrogens with one attached hydrogen (secondary N) is 1. The van der Waals surface area contributed by atoms with E-state index in [2.05, 4.69) is 27.1 Å². The SMILES string of the molecule is COc1cc2nn([C@H]3CC[C@H](C)CC3)cc2cc1NC(=O)c1cc(Cl)cnn1. The van der Waals surface area contributed by atoms with Crippen LogP contribution in [-0.2, 0) is 0 Å². The number of aromatic nitrogens is 4. The van der Waals surface area contributed by atoms with E-state index in [0.29, 0.717) is 22.5 Å². The molecule has 0 unspecified atom stereocenters. The molecule has 8 heteroatoms. The van der Waals surface area contributed by atoms with Crippen molar-refractivity contribution in [3.05, 3.63) is 41.3 Å². The fraction of sp³-hybridized carbons (Fsp3) is 0.400. The van der Waals surface area contributed by atoms with Crippen molar-refractivity contribution in [2.24, 2.45) is 5.92 Å². The largest absolute Gasteiger partial charge is 0.494 e. The monoisotopic (exact) mass is 399 g/mol. The molecule has 1 amide bonds. The molecule has 2 heterocycles. The van der Waals surface area contributed by atoms with Crippen molar-refractivity contribution in [2.75, 3.05) is 12.4 Å². The molecule has 0 bridgehead atoms. The average molecular weight is 400 g/mol. The maximum atomic E-state index is 12.5. The molecule has 0 aliphatic heterocycles. The van der Waals surface area contributed by atoms with Crippen LogP contribution in [0.15, 0.2) is 30.6 Å². The van der Waals surface area contributed by atoms with Gasteiger partial charge in [-0.2, -0.15) is 10.2 Å². The van der Waals surface area contributed by atoms with Gasteiger partial charge in [-0.1, -0.05) is 18.5 Å². The highest BCUT2D eigenvalue weighted by atomic mass is 35.5. The molecule has 146 valence electrons. The highest BCUT2D eigenvalue weighted by molar-refractivity contribution is 6.30.